The van der Waals surface area contributed by atoms with Gasteiger partial charge in [-0.05, 0) is 25.3 Å². The number of nitrogens with one attached hydrogen (secondary N) is 1. The quantitative estimate of drug-likeness (QED) is 0.637. The van der Waals surface area contributed by atoms with Crippen molar-refractivity contribution in [1.82, 2.24) is 10.2 Å². The Labute approximate surface area is 103 Å². The molecule has 0 saturated carbocycles. The monoisotopic (exact) mass is 229 g/mol. The maximum Gasteiger partial charge on any atom is 0.176 e. The van der Waals surface area contributed by atoms with E-state index in [0.717, 1.165) is 25.9 Å². The molecule has 1 aromatic rings. The van der Waals surface area contributed by atoms with Crippen LogP contribution in [0.1, 0.15) is 25.3 Å². The molecule has 1 fully saturated rings. The molecule has 90 valence electrons. The van der Waals surface area contributed by atoms with Gasteiger partial charge in [0, 0.05) is 25.2 Å². The number of piperidine rings is 1. The summed E-state index contributed by atoms with van der Waals surface area (Å²) in [5, 5.41) is 11.5. The van der Waals surface area contributed by atoms with Gasteiger partial charge in [-0.2, -0.15) is 5.26 Å². The van der Waals surface area contributed by atoms with E-state index in [2.05, 4.69) is 53.7 Å². The highest BCUT2D eigenvalue weighted by Crippen LogP contribution is 2.19. The van der Waals surface area contributed by atoms with Crippen LogP contribution in [0.15, 0.2) is 30.3 Å². The number of rotatable bonds is 3. The topological polar surface area (TPSA) is 39.1 Å². The molecule has 2 rings (SSSR count). The van der Waals surface area contributed by atoms with Gasteiger partial charge >= 0.3 is 0 Å². The van der Waals surface area contributed by atoms with Crippen molar-refractivity contribution in [1.29, 1.82) is 5.26 Å². The molecule has 1 aliphatic heterocycles. The van der Waals surface area contributed by atoms with E-state index in [0.29, 0.717) is 12.1 Å². The number of hydrogen-bond donors (Lipinski definition) is 1. The van der Waals surface area contributed by atoms with Gasteiger partial charge in [0.25, 0.3) is 0 Å². The molecule has 0 bridgehead atoms. The fraction of sp³-hybridized carbons (Fsp3) is 0.500. The Morgan fingerprint density at radius 3 is 2.82 bits per heavy atom. The molecule has 0 radical (unpaired) electrons. The summed E-state index contributed by atoms with van der Waals surface area (Å²) in [6.07, 6.45) is 4.17. The molecule has 3 heteroatoms. The molecule has 3 nitrogen and oxygen atoms in total. The van der Waals surface area contributed by atoms with Gasteiger partial charge in [0.1, 0.15) is 0 Å². The molecule has 0 aliphatic carbocycles. The summed E-state index contributed by atoms with van der Waals surface area (Å²) in [7, 11) is 0. The van der Waals surface area contributed by atoms with Crippen molar-refractivity contribution in [3.05, 3.63) is 35.9 Å². The van der Waals surface area contributed by atoms with Gasteiger partial charge in [-0.3, -0.25) is 4.90 Å². The molecular weight excluding hydrogens is 210 g/mol. The van der Waals surface area contributed by atoms with E-state index < -0.39 is 0 Å². The fourth-order valence-corrected chi connectivity index (χ4v) is 2.50. The second kappa shape index (κ2) is 5.70. The van der Waals surface area contributed by atoms with Crippen LogP contribution >= 0.6 is 0 Å². The van der Waals surface area contributed by atoms with Gasteiger partial charge in [0.15, 0.2) is 6.19 Å². The van der Waals surface area contributed by atoms with Crippen LogP contribution in [0.25, 0.3) is 0 Å². The van der Waals surface area contributed by atoms with Crippen molar-refractivity contribution in [3.63, 3.8) is 0 Å². The molecule has 2 atom stereocenters. The van der Waals surface area contributed by atoms with Crippen molar-refractivity contribution in [2.24, 2.45) is 0 Å². The number of likely N-dealkylation sites (tertiary alicyclic amines) is 1. The third kappa shape index (κ3) is 3.21. The van der Waals surface area contributed by atoms with Crippen molar-refractivity contribution in [2.45, 2.75) is 38.4 Å². The van der Waals surface area contributed by atoms with Crippen molar-refractivity contribution < 1.29 is 0 Å². The van der Waals surface area contributed by atoms with Crippen LogP contribution in [0.2, 0.25) is 0 Å². The lowest BCUT2D eigenvalue weighted by atomic mass is 9.98. The molecule has 1 aromatic carbocycles. The van der Waals surface area contributed by atoms with Gasteiger partial charge in [-0.25, -0.2) is 0 Å². The molecule has 2 unspecified atom stereocenters. The normalized spacial score (nSPS) is 25.2. The maximum atomic E-state index is 8.63. The lowest BCUT2D eigenvalue weighted by Crippen LogP contribution is -2.45. The van der Waals surface area contributed by atoms with E-state index in [9.17, 15) is 0 Å². The second-order valence-corrected chi connectivity index (χ2v) is 4.78. The Kier molecular flexibility index (Phi) is 4.00. The molecule has 1 saturated heterocycles. The summed E-state index contributed by atoms with van der Waals surface area (Å²) in [4.78, 5) is 2.49. The molecule has 1 aliphatic rings. The van der Waals surface area contributed by atoms with Crippen LogP contribution in [0.3, 0.4) is 0 Å². The summed E-state index contributed by atoms with van der Waals surface area (Å²) in [5.41, 5.74) is 1.37. The van der Waals surface area contributed by atoms with Gasteiger partial charge in [0.05, 0.1) is 0 Å². The highest BCUT2D eigenvalue weighted by Gasteiger charge is 2.24. The summed E-state index contributed by atoms with van der Waals surface area (Å²) >= 11 is 0. The first-order valence-electron chi connectivity index (χ1n) is 6.22. The van der Waals surface area contributed by atoms with Crippen LogP contribution in [-0.4, -0.2) is 23.5 Å². The van der Waals surface area contributed by atoms with Crippen LogP contribution in [-0.2, 0) is 6.54 Å². The predicted octanol–water partition coefficient (Wildman–Crippen LogP) is 2.11. The van der Waals surface area contributed by atoms with Crippen LogP contribution in [0.5, 0.6) is 0 Å². The maximum absolute atomic E-state index is 8.63. The van der Waals surface area contributed by atoms with Crippen LogP contribution in [0.4, 0.5) is 0 Å². The van der Waals surface area contributed by atoms with Crippen molar-refractivity contribution >= 4 is 0 Å². The summed E-state index contributed by atoms with van der Waals surface area (Å²) < 4.78 is 0. The van der Waals surface area contributed by atoms with Gasteiger partial charge < -0.3 is 5.32 Å². The summed E-state index contributed by atoms with van der Waals surface area (Å²) in [6, 6.07) is 11.5. The average molecular weight is 229 g/mol. The first-order chi connectivity index (χ1) is 8.29. The van der Waals surface area contributed by atoms with E-state index in [1.807, 2.05) is 0 Å². The minimum atomic E-state index is 0.363. The predicted molar refractivity (Wildman–Crippen MR) is 68.1 cm³/mol. The van der Waals surface area contributed by atoms with Gasteiger partial charge in [0.2, 0.25) is 0 Å². The van der Waals surface area contributed by atoms with Crippen molar-refractivity contribution in [3.8, 4) is 6.19 Å². The Morgan fingerprint density at radius 2 is 2.18 bits per heavy atom. The van der Waals surface area contributed by atoms with Crippen molar-refractivity contribution in [2.75, 3.05) is 6.54 Å². The SMILES string of the molecule is CC1CC(NC#N)CCN1Cc1ccccc1. The zero-order chi connectivity index (χ0) is 12.1. The van der Waals surface area contributed by atoms with E-state index in [-0.39, 0.29) is 0 Å². The number of nitrogens with zero attached hydrogens (tertiary/aromatic N) is 2. The molecular formula is C14H19N3. The Morgan fingerprint density at radius 1 is 1.41 bits per heavy atom. The molecule has 0 spiro atoms. The molecule has 0 amide bonds. The first kappa shape index (κ1) is 11.9. The number of nitriles is 1. The van der Waals surface area contributed by atoms with E-state index >= 15 is 0 Å². The highest BCUT2D eigenvalue weighted by molar-refractivity contribution is 5.14. The van der Waals surface area contributed by atoms with E-state index in [1.165, 1.54) is 5.56 Å². The highest BCUT2D eigenvalue weighted by atomic mass is 15.2. The summed E-state index contributed by atoms with van der Waals surface area (Å²) in [5.74, 6) is 0. The average Bonchev–Trinajstić information content (AvgIpc) is 2.34. The molecule has 1 N–H and O–H groups in total. The molecule has 17 heavy (non-hydrogen) atoms. The Hall–Kier alpha value is -1.53. The lowest BCUT2D eigenvalue weighted by Gasteiger charge is -2.37. The minimum Gasteiger partial charge on any atom is -0.321 e. The number of hydrogen-bond acceptors (Lipinski definition) is 3. The third-order valence-corrected chi connectivity index (χ3v) is 3.51. The first-order valence-corrected chi connectivity index (χ1v) is 6.22. The third-order valence-electron chi connectivity index (χ3n) is 3.51. The number of benzene rings is 1. The summed E-state index contributed by atoms with van der Waals surface area (Å²) in [6.45, 7) is 4.32. The molecule has 1 heterocycles. The largest absolute Gasteiger partial charge is 0.321 e. The van der Waals surface area contributed by atoms with E-state index in [4.69, 9.17) is 5.26 Å². The zero-order valence-electron chi connectivity index (χ0n) is 10.3. The minimum absolute atomic E-state index is 0.363. The zero-order valence-corrected chi connectivity index (χ0v) is 10.3. The van der Waals surface area contributed by atoms with Gasteiger partial charge in [-0.15, -0.1) is 0 Å². The van der Waals surface area contributed by atoms with E-state index in [1.54, 1.807) is 0 Å². The Bertz CT molecular complexity index is 382. The van der Waals surface area contributed by atoms with Gasteiger partial charge in [-0.1, -0.05) is 30.3 Å². The fourth-order valence-electron chi connectivity index (χ4n) is 2.50. The Balaban J connectivity index is 1.90. The van der Waals surface area contributed by atoms with Crippen LogP contribution < -0.4 is 5.32 Å². The molecule has 0 aromatic heterocycles. The standard InChI is InChI=1S/C14H19N3/c1-12-9-14(16-11-15)7-8-17(12)10-13-5-3-2-4-6-13/h2-6,12,14,16H,7-10H2,1H3. The second-order valence-electron chi connectivity index (χ2n) is 4.78. The smallest absolute Gasteiger partial charge is 0.176 e. The lowest BCUT2D eigenvalue weighted by molar-refractivity contribution is 0.133. The van der Waals surface area contributed by atoms with Crippen LogP contribution in [0, 0.1) is 11.5 Å².